The minimum atomic E-state index is 0.250. The first-order valence-electron chi connectivity index (χ1n) is 15.0. The first-order valence-corrected chi connectivity index (χ1v) is 15.0. The highest BCUT2D eigenvalue weighted by Crippen LogP contribution is 2.15. The Bertz CT molecular complexity index is 254. The van der Waals surface area contributed by atoms with Gasteiger partial charge < -0.3 is 10.2 Å². The third-order valence-electron chi connectivity index (χ3n) is 6.51. The van der Waals surface area contributed by atoms with Gasteiger partial charge in [0.15, 0.2) is 0 Å². The van der Waals surface area contributed by atoms with Crippen molar-refractivity contribution in [3.8, 4) is 0 Å². The van der Waals surface area contributed by atoms with Crippen LogP contribution in [0.15, 0.2) is 0 Å². The maximum atomic E-state index is 8.75. The molecule has 0 unspecified atom stereocenters. The molecule has 0 saturated heterocycles. The van der Waals surface area contributed by atoms with E-state index in [-0.39, 0.29) is 6.61 Å². The number of hydrogen-bond acceptors (Lipinski definition) is 2. The van der Waals surface area contributed by atoms with Crippen molar-refractivity contribution in [2.24, 2.45) is 0 Å². The summed E-state index contributed by atoms with van der Waals surface area (Å²) < 4.78 is 0. The molecular weight excluding hydrogens is 392 g/mol. The molecule has 2 heteroatoms. The molecule has 0 bridgehead atoms. The lowest BCUT2D eigenvalue weighted by Gasteiger charge is -2.04. The van der Waals surface area contributed by atoms with E-state index in [4.69, 9.17) is 10.2 Å². The van der Waals surface area contributed by atoms with E-state index < -0.39 is 0 Å². The van der Waals surface area contributed by atoms with Crippen molar-refractivity contribution in [3.05, 3.63) is 0 Å². The van der Waals surface area contributed by atoms with Crippen LogP contribution in [0, 0.1) is 0 Å². The van der Waals surface area contributed by atoms with Crippen LogP contribution in [-0.4, -0.2) is 23.4 Å². The quantitative estimate of drug-likeness (QED) is 0.127. The predicted molar refractivity (Wildman–Crippen MR) is 146 cm³/mol. The van der Waals surface area contributed by atoms with Gasteiger partial charge >= 0.3 is 0 Å². The Balaban J connectivity index is 0. The lowest BCUT2D eigenvalue weighted by Crippen LogP contribution is -1.85. The molecule has 0 amide bonds. The highest BCUT2D eigenvalue weighted by molar-refractivity contribution is 4.51. The maximum absolute atomic E-state index is 8.75. The third kappa shape index (κ3) is 37.2. The summed E-state index contributed by atoms with van der Waals surface area (Å²) >= 11 is 0. The Morgan fingerprint density at radius 1 is 0.281 bits per heavy atom. The normalized spacial score (nSPS) is 10.9. The second-order valence-corrected chi connectivity index (χ2v) is 9.88. The van der Waals surface area contributed by atoms with Crippen LogP contribution in [0.2, 0.25) is 0 Å². The zero-order valence-corrected chi connectivity index (χ0v) is 22.7. The highest BCUT2D eigenvalue weighted by Gasteiger charge is 1.96. The second kappa shape index (κ2) is 35.5. The van der Waals surface area contributed by atoms with Gasteiger partial charge in [-0.2, -0.15) is 0 Å². The molecule has 0 aliphatic carbocycles. The largest absolute Gasteiger partial charge is 0.397 e. The summed E-state index contributed by atoms with van der Waals surface area (Å²) in [6, 6.07) is 0. The zero-order valence-electron chi connectivity index (χ0n) is 22.7. The van der Waals surface area contributed by atoms with Gasteiger partial charge in [-0.1, -0.05) is 167 Å². The zero-order chi connectivity index (χ0) is 23.8. The lowest BCUT2D eigenvalue weighted by atomic mass is 10.0. The van der Waals surface area contributed by atoms with Crippen LogP contribution in [0.5, 0.6) is 0 Å². The first-order chi connectivity index (χ1) is 15.8. The van der Waals surface area contributed by atoms with E-state index in [2.05, 4.69) is 6.92 Å². The van der Waals surface area contributed by atoms with Crippen molar-refractivity contribution < 1.29 is 10.2 Å². The van der Waals surface area contributed by atoms with Crippen LogP contribution in [0.25, 0.3) is 0 Å². The molecule has 0 spiro atoms. The molecule has 196 valence electrons. The van der Waals surface area contributed by atoms with Crippen molar-refractivity contribution in [2.75, 3.05) is 13.2 Å². The van der Waals surface area contributed by atoms with E-state index >= 15 is 0 Å². The molecule has 2 N–H and O–H groups in total. The molecule has 0 atom stereocenters. The number of aliphatic hydroxyl groups excluding tert-OH is 2. The van der Waals surface area contributed by atoms with Gasteiger partial charge in [0.2, 0.25) is 0 Å². The van der Waals surface area contributed by atoms with Gasteiger partial charge in [-0.3, -0.25) is 0 Å². The Kier molecular flexibility index (Phi) is 37.8. The Hall–Kier alpha value is -0.0800. The lowest BCUT2D eigenvalue weighted by molar-refractivity contribution is 0.282. The van der Waals surface area contributed by atoms with Crippen molar-refractivity contribution in [1.29, 1.82) is 0 Å². The predicted octanol–water partition coefficient (Wildman–Crippen LogP) is 10.1. The molecule has 0 aromatic rings. The number of hydrogen-bond donors (Lipinski definition) is 2. The molecule has 0 fully saturated rings. The fourth-order valence-corrected chi connectivity index (χ4v) is 4.43. The van der Waals surface area contributed by atoms with Crippen LogP contribution >= 0.6 is 0 Å². The number of rotatable bonds is 26. The van der Waals surface area contributed by atoms with E-state index in [0.717, 1.165) is 6.42 Å². The summed E-state index contributed by atoms with van der Waals surface area (Å²) in [5, 5.41) is 16.3. The van der Waals surface area contributed by atoms with Gasteiger partial charge in [0.25, 0.3) is 0 Å². The van der Waals surface area contributed by atoms with E-state index in [1.54, 1.807) is 6.92 Å². The molecule has 0 aliphatic rings. The standard InChI is InChI=1S/C28H58O.C2H6O/c1-2-3-4-5-6-7-8-9-10-11-12-13-14-15-16-17-18-19-20-21-22-23-24-25-26-27-28-29;1-2-3/h29H,2-28H2,1H3;3H,2H2,1H3. The minimum Gasteiger partial charge on any atom is -0.397 e. The third-order valence-corrected chi connectivity index (χ3v) is 6.51. The van der Waals surface area contributed by atoms with Crippen LogP contribution in [0.3, 0.4) is 0 Å². The van der Waals surface area contributed by atoms with Gasteiger partial charge in [-0.05, 0) is 13.3 Å². The summed E-state index contributed by atoms with van der Waals surface area (Å²) in [5.41, 5.74) is 0. The van der Waals surface area contributed by atoms with Gasteiger partial charge in [0.1, 0.15) is 0 Å². The van der Waals surface area contributed by atoms with Gasteiger partial charge in [0.05, 0.1) is 0 Å². The molecule has 32 heavy (non-hydrogen) atoms. The molecular formula is C30H64O2. The summed E-state index contributed by atoms with van der Waals surface area (Å²) in [7, 11) is 0. The number of unbranched alkanes of at least 4 members (excludes halogenated alkanes) is 25. The average molecular weight is 457 g/mol. The average Bonchev–Trinajstić information content (AvgIpc) is 2.79. The van der Waals surface area contributed by atoms with Gasteiger partial charge in [-0.25, -0.2) is 0 Å². The topological polar surface area (TPSA) is 40.5 Å². The second-order valence-electron chi connectivity index (χ2n) is 9.88. The van der Waals surface area contributed by atoms with Crippen molar-refractivity contribution in [2.45, 2.75) is 181 Å². The molecule has 0 rings (SSSR count). The smallest absolute Gasteiger partial charge is 0.0431 e. The van der Waals surface area contributed by atoms with E-state index in [1.165, 1.54) is 161 Å². The van der Waals surface area contributed by atoms with E-state index in [0.29, 0.717) is 6.61 Å². The Morgan fingerprint density at radius 2 is 0.438 bits per heavy atom. The highest BCUT2D eigenvalue weighted by atomic mass is 16.3. The van der Waals surface area contributed by atoms with Crippen molar-refractivity contribution >= 4 is 0 Å². The van der Waals surface area contributed by atoms with Crippen LogP contribution in [0.1, 0.15) is 181 Å². The monoisotopic (exact) mass is 456 g/mol. The molecule has 0 aliphatic heterocycles. The van der Waals surface area contributed by atoms with Crippen LogP contribution in [-0.2, 0) is 0 Å². The summed E-state index contributed by atoms with van der Waals surface area (Å²) in [5.74, 6) is 0. The Labute approximate surface area is 204 Å². The first kappa shape index (κ1) is 34.1. The fourth-order valence-electron chi connectivity index (χ4n) is 4.43. The Morgan fingerprint density at radius 3 is 0.594 bits per heavy atom. The van der Waals surface area contributed by atoms with Crippen molar-refractivity contribution in [1.82, 2.24) is 0 Å². The van der Waals surface area contributed by atoms with E-state index in [9.17, 15) is 0 Å². The van der Waals surface area contributed by atoms with Gasteiger partial charge in [0, 0.05) is 13.2 Å². The molecule has 2 nitrogen and oxygen atoms in total. The molecule has 0 aromatic carbocycles. The molecule has 0 radical (unpaired) electrons. The van der Waals surface area contributed by atoms with Crippen molar-refractivity contribution in [3.63, 3.8) is 0 Å². The summed E-state index contributed by atoms with van der Waals surface area (Å²) in [4.78, 5) is 0. The van der Waals surface area contributed by atoms with E-state index in [1.807, 2.05) is 0 Å². The van der Waals surface area contributed by atoms with Gasteiger partial charge in [-0.15, -0.1) is 0 Å². The summed E-state index contributed by atoms with van der Waals surface area (Å²) in [6.45, 7) is 4.61. The maximum Gasteiger partial charge on any atom is 0.0431 e. The fraction of sp³-hybridized carbons (Fsp3) is 1.00. The minimum absolute atomic E-state index is 0.250. The summed E-state index contributed by atoms with van der Waals surface area (Å²) in [6.07, 6.45) is 37.1. The number of aliphatic hydroxyl groups is 2. The van der Waals surface area contributed by atoms with Crippen LogP contribution in [0.4, 0.5) is 0 Å². The SMILES string of the molecule is CCCCCCCCCCCCCCCCCCCCCCCCCCCCO.CCO. The molecule has 0 aromatic heterocycles. The molecule has 0 heterocycles. The molecule has 0 saturated carbocycles. The van der Waals surface area contributed by atoms with Crippen LogP contribution < -0.4 is 0 Å².